The summed E-state index contributed by atoms with van der Waals surface area (Å²) < 4.78 is 19.3. The van der Waals surface area contributed by atoms with Gasteiger partial charge in [-0.3, -0.25) is 0 Å². The topological polar surface area (TPSA) is 78.9 Å². The summed E-state index contributed by atoms with van der Waals surface area (Å²) in [5.74, 6) is -0.526. The molecule has 0 amide bonds. The van der Waals surface area contributed by atoms with Crippen LogP contribution < -0.4 is 0 Å². The monoisotopic (exact) mass is 342 g/mol. The highest BCUT2D eigenvalue weighted by atomic mass is 16.5. The van der Waals surface area contributed by atoms with Crippen molar-refractivity contribution in [2.24, 2.45) is 0 Å². The minimum absolute atomic E-state index is 0.252. The molecule has 6 nitrogen and oxygen atoms in total. The lowest BCUT2D eigenvalue weighted by Gasteiger charge is -2.02. The van der Waals surface area contributed by atoms with Gasteiger partial charge in [0.1, 0.15) is 12.9 Å². The molecule has 0 saturated heterocycles. The van der Waals surface area contributed by atoms with Gasteiger partial charge in [0.25, 0.3) is 0 Å². The van der Waals surface area contributed by atoms with Gasteiger partial charge in [-0.1, -0.05) is 30.3 Å². The predicted octanol–water partition coefficient (Wildman–Crippen LogP) is 4.09. The average molecular weight is 342 g/mol. The van der Waals surface area contributed by atoms with Crippen LogP contribution in [-0.2, 0) is 16.1 Å². The van der Waals surface area contributed by atoms with E-state index in [1.807, 2.05) is 30.3 Å². The third kappa shape index (κ3) is 6.02. The largest absolute Gasteiger partial charge is 0.472 e. The van der Waals surface area contributed by atoms with E-state index in [0.717, 1.165) is 5.56 Å². The molecule has 0 atom stereocenters. The molecule has 0 N–H and O–H groups in total. The van der Waals surface area contributed by atoms with Crippen molar-refractivity contribution in [3.05, 3.63) is 84.2 Å². The molecule has 0 aliphatic rings. The van der Waals surface area contributed by atoms with Crippen LogP contribution in [0.4, 0.5) is 0 Å². The number of ether oxygens (including phenoxy) is 2. The number of carbonyl (C=O) groups is 2. The van der Waals surface area contributed by atoms with Crippen molar-refractivity contribution in [3.63, 3.8) is 0 Å². The van der Waals surface area contributed by atoms with Crippen LogP contribution in [0.25, 0.3) is 0 Å². The van der Waals surface area contributed by atoms with Crippen molar-refractivity contribution in [3.8, 4) is 0 Å². The predicted molar refractivity (Wildman–Crippen MR) is 88.9 cm³/mol. The number of benzene rings is 1. The molecular weight excluding hydrogens is 324 g/mol. The standard InChI is InChI=1S/C12H10O3.C7H8O3/c13-12(11-6-7-14-9-11)15-8-10-4-2-1-3-5-10;1-2-9-7(8)6-4-3-5-10-6/h1-7,9H,8H2;3-5H,2H2,1H3. The van der Waals surface area contributed by atoms with E-state index in [-0.39, 0.29) is 18.3 Å². The third-order valence-electron chi connectivity index (χ3n) is 2.97. The zero-order valence-corrected chi connectivity index (χ0v) is 13.7. The number of hydrogen-bond donors (Lipinski definition) is 0. The van der Waals surface area contributed by atoms with Gasteiger partial charge in [-0.2, -0.15) is 0 Å². The highest BCUT2D eigenvalue weighted by Crippen LogP contribution is 2.06. The molecular formula is C19H18O6. The van der Waals surface area contributed by atoms with E-state index in [1.165, 1.54) is 18.8 Å². The van der Waals surface area contributed by atoms with Crippen LogP contribution in [-0.4, -0.2) is 18.5 Å². The quantitative estimate of drug-likeness (QED) is 0.650. The summed E-state index contributed by atoms with van der Waals surface area (Å²) in [6.45, 7) is 2.41. The molecule has 2 heterocycles. The Balaban J connectivity index is 0.000000196. The molecule has 130 valence electrons. The molecule has 1 aromatic carbocycles. The van der Waals surface area contributed by atoms with Gasteiger partial charge in [-0.25, -0.2) is 9.59 Å². The van der Waals surface area contributed by atoms with Crippen molar-refractivity contribution in [2.75, 3.05) is 6.61 Å². The van der Waals surface area contributed by atoms with Crippen LogP contribution in [0.5, 0.6) is 0 Å². The lowest BCUT2D eigenvalue weighted by molar-refractivity contribution is 0.0468. The van der Waals surface area contributed by atoms with E-state index in [0.29, 0.717) is 12.2 Å². The average Bonchev–Trinajstić information content (AvgIpc) is 3.35. The fraction of sp³-hybridized carbons (Fsp3) is 0.158. The first kappa shape index (κ1) is 18.1. The Morgan fingerprint density at radius 3 is 2.32 bits per heavy atom. The SMILES string of the molecule is CCOC(=O)c1ccco1.O=C(OCc1ccccc1)c1ccoc1. The summed E-state index contributed by atoms with van der Waals surface area (Å²) in [7, 11) is 0. The van der Waals surface area contributed by atoms with Gasteiger partial charge >= 0.3 is 11.9 Å². The van der Waals surface area contributed by atoms with Gasteiger partial charge in [-0.05, 0) is 30.7 Å². The highest BCUT2D eigenvalue weighted by Gasteiger charge is 2.08. The number of esters is 2. The molecule has 3 rings (SSSR count). The first-order valence-electron chi connectivity index (χ1n) is 7.64. The van der Waals surface area contributed by atoms with E-state index in [9.17, 15) is 9.59 Å². The molecule has 0 spiro atoms. The lowest BCUT2D eigenvalue weighted by atomic mass is 10.2. The summed E-state index contributed by atoms with van der Waals surface area (Å²) in [5, 5.41) is 0. The maximum absolute atomic E-state index is 11.4. The Morgan fingerprint density at radius 2 is 1.72 bits per heavy atom. The minimum atomic E-state index is -0.410. The Kier molecular flexibility index (Phi) is 7.06. The van der Waals surface area contributed by atoms with Crippen LogP contribution in [0.3, 0.4) is 0 Å². The van der Waals surface area contributed by atoms with E-state index in [4.69, 9.17) is 13.6 Å². The van der Waals surface area contributed by atoms with E-state index in [2.05, 4.69) is 4.74 Å². The Bertz CT molecular complexity index is 745. The van der Waals surface area contributed by atoms with Gasteiger partial charge in [0.15, 0.2) is 0 Å². The summed E-state index contributed by atoms with van der Waals surface area (Å²) >= 11 is 0. The summed E-state index contributed by atoms with van der Waals surface area (Å²) in [5.41, 5.74) is 1.40. The van der Waals surface area contributed by atoms with Gasteiger partial charge in [0, 0.05) is 0 Å². The Morgan fingerprint density at radius 1 is 0.920 bits per heavy atom. The second-order valence-corrected chi connectivity index (χ2v) is 4.77. The van der Waals surface area contributed by atoms with Crippen molar-refractivity contribution in [1.29, 1.82) is 0 Å². The molecule has 0 radical (unpaired) electrons. The summed E-state index contributed by atoms with van der Waals surface area (Å²) in [4.78, 5) is 22.2. The van der Waals surface area contributed by atoms with E-state index >= 15 is 0 Å². The van der Waals surface area contributed by atoms with E-state index in [1.54, 1.807) is 25.1 Å². The van der Waals surface area contributed by atoms with Crippen LogP contribution in [0, 0.1) is 0 Å². The summed E-state index contributed by atoms with van der Waals surface area (Å²) in [6, 6.07) is 14.3. The van der Waals surface area contributed by atoms with Crippen LogP contribution >= 0.6 is 0 Å². The number of hydrogen-bond acceptors (Lipinski definition) is 6. The molecule has 0 fully saturated rings. The maximum atomic E-state index is 11.4. The molecule has 0 saturated carbocycles. The molecule has 6 heteroatoms. The van der Waals surface area contributed by atoms with Crippen LogP contribution in [0.1, 0.15) is 33.4 Å². The molecule has 0 unspecified atom stereocenters. The van der Waals surface area contributed by atoms with Crippen molar-refractivity contribution >= 4 is 11.9 Å². The fourth-order valence-electron chi connectivity index (χ4n) is 1.78. The van der Waals surface area contributed by atoms with Crippen molar-refractivity contribution in [1.82, 2.24) is 0 Å². The molecule has 3 aromatic rings. The smallest absolute Gasteiger partial charge is 0.374 e. The number of furan rings is 2. The fourth-order valence-corrected chi connectivity index (χ4v) is 1.78. The molecule has 2 aromatic heterocycles. The van der Waals surface area contributed by atoms with Gasteiger partial charge in [0.2, 0.25) is 5.76 Å². The third-order valence-corrected chi connectivity index (χ3v) is 2.97. The zero-order valence-electron chi connectivity index (χ0n) is 13.7. The normalized spacial score (nSPS) is 9.64. The number of carbonyl (C=O) groups excluding carboxylic acids is 2. The summed E-state index contributed by atoms with van der Waals surface area (Å²) in [6.07, 6.45) is 4.25. The maximum Gasteiger partial charge on any atom is 0.374 e. The first-order chi connectivity index (χ1) is 12.2. The lowest BCUT2D eigenvalue weighted by Crippen LogP contribution is -2.03. The Hall–Kier alpha value is -3.28. The van der Waals surface area contributed by atoms with E-state index < -0.39 is 5.97 Å². The van der Waals surface area contributed by atoms with Crippen molar-refractivity contribution in [2.45, 2.75) is 13.5 Å². The first-order valence-corrected chi connectivity index (χ1v) is 7.64. The van der Waals surface area contributed by atoms with Gasteiger partial charge in [0.05, 0.1) is 24.7 Å². The molecule has 0 aliphatic heterocycles. The molecule has 0 aliphatic carbocycles. The highest BCUT2D eigenvalue weighted by molar-refractivity contribution is 5.88. The minimum Gasteiger partial charge on any atom is -0.472 e. The molecule has 0 bridgehead atoms. The van der Waals surface area contributed by atoms with Crippen LogP contribution in [0.15, 0.2) is 76.2 Å². The second kappa shape index (κ2) is 9.77. The van der Waals surface area contributed by atoms with Crippen LogP contribution in [0.2, 0.25) is 0 Å². The number of rotatable bonds is 5. The van der Waals surface area contributed by atoms with Gasteiger partial charge < -0.3 is 18.3 Å². The Labute approximate surface area is 145 Å². The zero-order chi connectivity index (χ0) is 17.9. The van der Waals surface area contributed by atoms with Gasteiger partial charge in [-0.15, -0.1) is 0 Å². The van der Waals surface area contributed by atoms with Crippen molar-refractivity contribution < 1.29 is 27.9 Å². The molecule has 25 heavy (non-hydrogen) atoms. The second-order valence-electron chi connectivity index (χ2n) is 4.77.